The lowest BCUT2D eigenvalue weighted by molar-refractivity contribution is -0.136. The number of carboxylic acid groups (broad SMARTS) is 1. The molecule has 1 rings (SSSR count). The van der Waals surface area contributed by atoms with E-state index in [1.807, 2.05) is 0 Å². The van der Waals surface area contributed by atoms with Gasteiger partial charge >= 0.3 is 5.97 Å². The van der Waals surface area contributed by atoms with Gasteiger partial charge in [-0.15, -0.1) is 0 Å². The fraction of sp³-hybridized carbons (Fsp3) is 0.818. The molecule has 1 unspecified atom stereocenters. The van der Waals surface area contributed by atoms with Crippen LogP contribution in [0.4, 0.5) is 0 Å². The van der Waals surface area contributed by atoms with Gasteiger partial charge in [-0.05, 0) is 32.4 Å². The Bertz CT molecular complexity index is 256. The molecule has 2 N–H and O–H groups in total. The van der Waals surface area contributed by atoms with Crippen LogP contribution < -0.4 is 5.32 Å². The Hall–Kier alpha value is -1.10. The molecule has 0 aliphatic carbocycles. The molecule has 0 aromatic carbocycles. The van der Waals surface area contributed by atoms with E-state index in [0.29, 0.717) is 12.3 Å². The molecule has 16 heavy (non-hydrogen) atoms. The Labute approximate surface area is 95.8 Å². The number of piperidine rings is 1. The summed E-state index contributed by atoms with van der Waals surface area (Å²) in [5, 5.41) is 11.1. The number of carboxylic acids is 1. The van der Waals surface area contributed by atoms with E-state index in [-0.39, 0.29) is 18.9 Å². The molecule has 92 valence electrons. The van der Waals surface area contributed by atoms with E-state index < -0.39 is 5.97 Å². The predicted octanol–water partition coefficient (Wildman–Crippen LogP) is 0.309. The second-order valence-electron chi connectivity index (χ2n) is 4.47. The number of carbonyl (C=O) groups is 2. The summed E-state index contributed by atoms with van der Waals surface area (Å²) in [6.45, 7) is 2.31. The summed E-state index contributed by atoms with van der Waals surface area (Å²) in [5.74, 6) is -0.483. The molecule has 5 nitrogen and oxygen atoms in total. The van der Waals surface area contributed by atoms with E-state index in [9.17, 15) is 9.59 Å². The third-order valence-electron chi connectivity index (χ3n) is 2.86. The first-order valence-electron chi connectivity index (χ1n) is 5.75. The minimum atomic E-state index is -0.877. The maximum atomic E-state index is 11.5. The van der Waals surface area contributed by atoms with E-state index in [1.165, 1.54) is 0 Å². The van der Waals surface area contributed by atoms with Crippen molar-refractivity contribution in [2.24, 2.45) is 5.92 Å². The number of aliphatic carboxylic acids is 1. The van der Waals surface area contributed by atoms with Gasteiger partial charge in [0, 0.05) is 19.5 Å². The van der Waals surface area contributed by atoms with E-state index in [1.54, 1.807) is 0 Å². The average Bonchev–Trinajstić information content (AvgIpc) is 2.16. The molecule has 1 fully saturated rings. The van der Waals surface area contributed by atoms with Crippen LogP contribution in [0.5, 0.6) is 0 Å². The van der Waals surface area contributed by atoms with Crippen molar-refractivity contribution in [3.63, 3.8) is 0 Å². The number of nitrogens with one attached hydrogen (secondary N) is 1. The highest BCUT2D eigenvalue weighted by molar-refractivity contribution is 5.77. The van der Waals surface area contributed by atoms with Crippen LogP contribution in [0, 0.1) is 5.92 Å². The SMILES string of the molecule is CN1CCCC(CC(=O)NCCC(=O)O)C1. The summed E-state index contributed by atoms with van der Waals surface area (Å²) in [6, 6.07) is 0. The lowest BCUT2D eigenvalue weighted by atomic mass is 9.95. The zero-order chi connectivity index (χ0) is 12.0. The van der Waals surface area contributed by atoms with Crippen LogP contribution in [-0.4, -0.2) is 48.6 Å². The molecule has 1 saturated heterocycles. The number of hydrogen-bond donors (Lipinski definition) is 2. The second-order valence-corrected chi connectivity index (χ2v) is 4.47. The molecule has 5 heteroatoms. The number of rotatable bonds is 5. The second kappa shape index (κ2) is 6.48. The Morgan fingerprint density at radius 2 is 2.25 bits per heavy atom. The summed E-state index contributed by atoms with van der Waals surface area (Å²) >= 11 is 0. The largest absolute Gasteiger partial charge is 0.481 e. The number of nitrogens with zero attached hydrogens (tertiary/aromatic N) is 1. The van der Waals surface area contributed by atoms with Crippen LogP contribution in [0.1, 0.15) is 25.7 Å². The van der Waals surface area contributed by atoms with Crippen LogP contribution in [0.25, 0.3) is 0 Å². The molecular weight excluding hydrogens is 208 g/mol. The maximum absolute atomic E-state index is 11.5. The first-order chi connectivity index (χ1) is 7.58. The van der Waals surface area contributed by atoms with Gasteiger partial charge in [0.2, 0.25) is 5.91 Å². The minimum Gasteiger partial charge on any atom is -0.481 e. The number of carbonyl (C=O) groups excluding carboxylic acids is 1. The van der Waals surface area contributed by atoms with Gasteiger partial charge in [-0.1, -0.05) is 0 Å². The van der Waals surface area contributed by atoms with Crippen molar-refractivity contribution in [2.75, 3.05) is 26.7 Å². The summed E-state index contributed by atoms with van der Waals surface area (Å²) in [5.41, 5.74) is 0. The first-order valence-corrected chi connectivity index (χ1v) is 5.75. The average molecular weight is 228 g/mol. The van der Waals surface area contributed by atoms with Crippen LogP contribution in [0.2, 0.25) is 0 Å². The van der Waals surface area contributed by atoms with E-state index in [2.05, 4.69) is 17.3 Å². The topological polar surface area (TPSA) is 69.6 Å². The van der Waals surface area contributed by atoms with Gasteiger partial charge in [0.25, 0.3) is 0 Å². The highest BCUT2D eigenvalue weighted by Gasteiger charge is 2.19. The lowest BCUT2D eigenvalue weighted by Gasteiger charge is -2.29. The highest BCUT2D eigenvalue weighted by Crippen LogP contribution is 2.17. The van der Waals surface area contributed by atoms with Gasteiger partial charge in [-0.25, -0.2) is 0 Å². The summed E-state index contributed by atoms with van der Waals surface area (Å²) in [6.07, 6.45) is 2.75. The number of likely N-dealkylation sites (tertiary alicyclic amines) is 1. The van der Waals surface area contributed by atoms with Crippen molar-refractivity contribution in [1.82, 2.24) is 10.2 Å². The first kappa shape index (κ1) is 13.0. The van der Waals surface area contributed by atoms with Crippen molar-refractivity contribution >= 4 is 11.9 Å². The molecule has 1 aliphatic heterocycles. The Morgan fingerprint density at radius 1 is 1.50 bits per heavy atom. The molecule has 0 aromatic heterocycles. The number of hydrogen-bond acceptors (Lipinski definition) is 3. The van der Waals surface area contributed by atoms with Gasteiger partial charge in [0.15, 0.2) is 0 Å². The van der Waals surface area contributed by atoms with Gasteiger partial charge < -0.3 is 15.3 Å². The van der Waals surface area contributed by atoms with E-state index >= 15 is 0 Å². The number of amides is 1. The standard InChI is InChI=1S/C11H20N2O3/c1-13-6-2-3-9(8-13)7-10(14)12-5-4-11(15)16/h9H,2-8H2,1H3,(H,12,14)(H,15,16). The van der Waals surface area contributed by atoms with Gasteiger partial charge in [-0.3, -0.25) is 9.59 Å². The molecule has 0 bridgehead atoms. The third kappa shape index (κ3) is 5.11. The Kier molecular flexibility index (Phi) is 5.25. The van der Waals surface area contributed by atoms with E-state index in [4.69, 9.17) is 5.11 Å². The van der Waals surface area contributed by atoms with Crippen molar-refractivity contribution in [3.05, 3.63) is 0 Å². The van der Waals surface area contributed by atoms with Crippen molar-refractivity contribution < 1.29 is 14.7 Å². The van der Waals surface area contributed by atoms with Crippen LogP contribution in [-0.2, 0) is 9.59 Å². The Morgan fingerprint density at radius 3 is 2.88 bits per heavy atom. The molecule has 0 spiro atoms. The monoisotopic (exact) mass is 228 g/mol. The summed E-state index contributed by atoms with van der Waals surface area (Å²) in [7, 11) is 2.06. The Balaban J connectivity index is 2.15. The minimum absolute atomic E-state index is 0.00366. The van der Waals surface area contributed by atoms with Gasteiger partial charge in [0.05, 0.1) is 6.42 Å². The van der Waals surface area contributed by atoms with Crippen LogP contribution in [0.15, 0.2) is 0 Å². The highest BCUT2D eigenvalue weighted by atomic mass is 16.4. The van der Waals surface area contributed by atoms with Crippen LogP contribution >= 0.6 is 0 Å². The molecule has 1 heterocycles. The zero-order valence-electron chi connectivity index (χ0n) is 9.74. The van der Waals surface area contributed by atoms with Gasteiger partial charge in [-0.2, -0.15) is 0 Å². The van der Waals surface area contributed by atoms with Gasteiger partial charge in [0.1, 0.15) is 0 Å². The molecular formula is C11H20N2O3. The smallest absolute Gasteiger partial charge is 0.305 e. The fourth-order valence-corrected chi connectivity index (χ4v) is 2.08. The van der Waals surface area contributed by atoms with Crippen molar-refractivity contribution in [2.45, 2.75) is 25.7 Å². The molecule has 1 amide bonds. The van der Waals surface area contributed by atoms with Crippen molar-refractivity contribution in [3.8, 4) is 0 Å². The molecule has 0 aromatic rings. The molecule has 0 saturated carbocycles. The van der Waals surface area contributed by atoms with Crippen molar-refractivity contribution in [1.29, 1.82) is 0 Å². The molecule has 1 atom stereocenters. The summed E-state index contributed by atoms with van der Waals surface area (Å²) in [4.78, 5) is 24.0. The predicted molar refractivity (Wildman–Crippen MR) is 60.1 cm³/mol. The normalized spacial score (nSPS) is 21.7. The fourth-order valence-electron chi connectivity index (χ4n) is 2.08. The molecule has 1 aliphatic rings. The lowest BCUT2D eigenvalue weighted by Crippen LogP contribution is -2.36. The van der Waals surface area contributed by atoms with E-state index in [0.717, 1.165) is 25.9 Å². The third-order valence-corrected chi connectivity index (χ3v) is 2.86. The quantitative estimate of drug-likeness (QED) is 0.710. The zero-order valence-corrected chi connectivity index (χ0v) is 9.74. The molecule has 0 radical (unpaired) electrons. The maximum Gasteiger partial charge on any atom is 0.305 e. The summed E-state index contributed by atoms with van der Waals surface area (Å²) < 4.78 is 0. The van der Waals surface area contributed by atoms with Crippen LogP contribution in [0.3, 0.4) is 0 Å².